The van der Waals surface area contributed by atoms with Gasteiger partial charge >= 0.3 is 0 Å². The van der Waals surface area contributed by atoms with E-state index in [0.29, 0.717) is 40.7 Å². The SMILES string of the molecule is Nc1cnc2c(Cl)c(F)c(-c3cc(-c4ccc5c(c4)CCNC5=O)c(N)nc3F)cc2c1. The Morgan fingerprint density at radius 1 is 1.00 bits per heavy atom. The summed E-state index contributed by atoms with van der Waals surface area (Å²) in [7, 11) is 0. The van der Waals surface area contributed by atoms with Crippen molar-refractivity contribution in [3.8, 4) is 22.3 Å². The van der Waals surface area contributed by atoms with Crippen LogP contribution in [0.25, 0.3) is 33.2 Å². The first kappa shape index (κ1) is 20.1. The van der Waals surface area contributed by atoms with E-state index in [1.807, 2.05) is 6.07 Å². The Kier molecular flexibility index (Phi) is 4.67. The van der Waals surface area contributed by atoms with Crippen molar-refractivity contribution < 1.29 is 13.6 Å². The van der Waals surface area contributed by atoms with Gasteiger partial charge in [0.25, 0.3) is 5.91 Å². The van der Waals surface area contributed by atoms with E-state index in [1.54, 1.807) is 18.2 Å². The summed E-state index contributed by atoms with van der Waals surface area (Å²) in [6, 6.07) is 9.64. The number of hydrogen-bond acceptors (Lipinski definition) is 5. The molecule has 4 aromatic rings. The lowest BCUT2D eigenvalue weighted by atomic mass is 9.93. The van der Waals surface area contributed by atoms with E-state index in [4.69, 9.17) is 23.1 Å². The van der Waals surface area contributed by atoms with Crippen LogP contribution in [0.2, 0.25) is 5.02 Å². The number of amides is 1. The van der Waals surface area contributed by atoms with Gasteiger partial charge in [-0.15, -0.1) is 0 Å². The zero-order valence-electron chi connectivity index (χ0n) is 16.5. The first-order valence-electron chi connectivity index (χ1n) is 9.74. The van der Waals surface area contributed by atoms with Crippen LogP contribution in [0.1, 0.15) is 15.9 Å². The average Bonchev–Trinajstić information content (AvgIpc) is 2.76. The summed E-state index contributed by atoms with van der Waals surface area (Å²) in [6.07, 6.45) is 2.02. The number of benzene rings is 2. The molecule has 0 radical (unpaired) electrons. The topological polar surface area (TPSA) is 107 Å². The second-order valence-corrected chi connectivity index (χ2v) is 7.91. The van der Waals surface area contributed by atoms with E-state index in [0.717, 1.165) is 5.56 Å². The maximum Gasteiger partial charge on any atom is 0.251 e. The first-order chi connectivity index (χ1) is 15.3. The molecule has 0 saturated heterocycles. The Morgan fingerprint density at radius 3 is 2.62 bits per heavy atom. The minimum absolute atomic E-state index is 0.0512. The number of aromatic nitrogens is 2. The van der Waals surface area contributed by atoms with E-state index in [1.165, 1.54) is 18.3 Å². The Balaban J connectivity index is 1.70. The van der Waals surface area contributed by atoms with Crippen LogP contribution in [0.5, 0.6) is 0 Å². The van der Waals surface area contributed by atoms with E-state index in [2.05, 4.69) is 15.3 Å². The van der Waals surface area contributed by atoms with Crippen molar-refractivity contribution in [3.63, 3.8) is 0 Å². The quantitative estimate of drug-likeness (QED) is 0.393. The Morgan fingerprint density at radius 2 is 1.81 bits per heavy atom. The van der Waals surface area contributed by atoms with Crippen LogP contribution in [0.15, 0.2) is 42.6 Å². The fourth-order valence-electron chi connectivity index (χ4n) is 3.95. The molecule has 0 unspecified atom stereocenters. The van der Waals surface area contributed by atoms with Gasteiger partial charge in [-0.3, -0.25) is 9.78 Å². The van der Waals surface area contributed by atoms with Gasteiger partial charge in [0.05, 0.1) is 17.4 Å². The summed E-state index contributed by atoms with van der Waals surface area (Å²) in [5.74, 6) is -1.96. The molecule has 0 bridgehead atoms. The summed E-state index contributed by atoms with van der Waals surface area (Å²) >= 11 is 6.18. The molecule has 6 nitrogen and oxygen atoms in total. The van der Waals surface area contributed by atoms with Crippen LogP contribution in [0.3, 0.4) is 0 Å². The van der Waals surface area contributed by atoms with Gasteiger partial charge in [0.1, 0.15) is 10.8 Å². The van der Waals surface area contributed by atoms with Gasteiger partial charge in [-0.05, 0) is 41.8 Å². The lowest BCUT2D eigenvalue weighted by Crippen LogP contribution is -2.31. The lowest BCUT2D eigenvalue weighted by Gasteiger charge is -2.18. The molecule has 9 heteroatoms. The van der Waals surface area contributed by atoms with Crippen molar-refractivity contribution in [2.45, 2.75) is 6.42 Å². The molecule has 1 aliphatic heterocycles. The molecular formula is C23H16ClF2N5O. The third-order valence-electron chi connectivity index (χ3n) is 5.51. The van der Waals surface area contributed by atoms with Gasteiger partial charge in [0.15, 0.2) is 5.82 Å². The van der Waals surface area contributed by atoms with Crippen molar-refractivity contribution >= 4 is 39.9 Å². The largest absolute Gasteiger partial charge is 0.397 e. The van der Waals surface area contributed by atoms with Gasteiger partial charge in [0.2, 0.25) is 5.95 Å². The van der Waals surface area contributed by atoms with Crippen molar-refractivity contribution in [2.75, 3.05) is 18.0 Å². The number of fused-ring (bicyclic) bond motifs is 2. The first-order valence-corrected chi connectivity index (χ1v) is 10.1. The molecular weight excluding hydrogens is 436 g/mol. The molecule has 32 heavy (non-hydrogen) atoms. The number of nitrogens with two attached hydrogens (primary N) is 2. The number of pyridine rings is 2. The predicted molar refractivity (Wildman–Crippen MR) is 120 cm³/mol. The third-order valence-corrected chi connectivity index (χ3v) is 5.86. The van der Waals surface area contributed by atoms with Gasteiger partial charge in [-0.25, -0.2) is 9.37 Å². The molecule has 0 fully saturated rings. The fourth-order valence-corrected chi connectivity index (χ4v) is 4.21. The number of hydrogen-bond donors (Lipinski definition) is 3. The van der Waals surface area contributed by atoms with Crippen LogP contribution in [-0.4, -0.2) is 22.4 Å². The molecule has 2 aromatic carbocycles. The number of carbonyl (C=O) groups is 1. The average molecular weight is 452 g/mol. The number of nitrogens with zero attached hydrogens (tertiary/aromatic N) is 2. The maximum atomic E-state index is 15.1. The molecule has 5 N–H and O–H groups in total. The van der Waals surface area contributed by atoms with Crippen molar-refractivity contribution in [1.29, 1.82) is 0 Å². The summed E-state index contributed by atoms with van der Waals surface area (Å²) < 4.78 is 30.0. The van der Waals surface area contributed by atoms with Crippen molar-refractivity contribution in [2.24, 2.45) is 0 Å². The second kappa shape index (κ2) is 7.42. The monoisotopic (exact) mass is 451 g/mol. The van der Waals surface area contributed by atoms with Gasteiger partial charge in [-0.1, -0.05) is 23.7 Å². The minimum atomic E-state index is -0.935. The number of anilines is 2. The highest BCUT2D eigenvalue weighted by atomic mass is 35.5. The van der Waals surface area contributed by atoms with Crippen molar-refractivity contribution in [1.82, 2.24) is 15.3 Å². The molecule has 1 aliphatic rings. The molecule has 2 aromatic heterocycles. The van der Waals surface area contributed by atoms with Gasteiger partial charge in [-0.2, -0.15) is 4.39 Å². The zero-order valence-corrected chi connectivity index (χ0v) is 17.3. The van der Waals surface area contributed by atoms with Crippen LogP contribution in [-0.2, 0) is 6.42 Å². The molecule has 1 amide bonds. The van der Waals surface area contributed by atoms with Crippen LogP contribution >= 0.6 is 11.6 Å². The lowest BCUT2D eigenvalue weighted by molar-refractivity contribution is 0.0946. The molecule has 0 atom stereocenters. The molecule has 5 rings (SSSR count). The molecule has 160 valence electrons. The molecule has 0 aliphatic carbocycles. The summed E-state index contributed by atoms with van der Waals surface area (Å²) in [6.45, 7) is 0.523. The van der Waals surface area contributed by atoms with E-state index in [-0.39, 0.29) is 33.4 Å². The Hall–Kier alpha value is -3.78. The molecule has 3 heterocycles. The number of carbonyl (C=O) groups excluding carboxylic acids is 1. The van der Waals surface area contributed by atoms with Gasteiger partial charge < -0.3 is 16.8 Å². The highest BCUT2D eigenvalue weighted by molar-refractivity contribution is 6.35. The maximum absolute atomic E-state index is 15.1. The minimum Gasteiger partial charge on any atom is -0.397 e. The number of rotatable bonds is 2. The second-order valence-electron chi connectivity index (χ2n) is 7.53. The van der Waals surface area contributed by atoms with Crippen molar-refractivity contribution in [3.05, 3.63) is 70.5 Å². The standard InChI is InChI=1S/C23H16ClF2N5O/c24-18-19(25)16(7-12-6-13(27)9-30-20(12)18)17-8-15(22(28)31-21(17)26)10-1-2-14-11(5-10)3-4-29-23(14)32/h1-2,5-9H,3-4,27H2,(H2,28,31)(H,29,32). The summed E-state index contributed by atoms with van der Waals surface area (Å²) in [4.78, 5) is 19.9. The van der Waals surface area contributed by atoms with Gasteiger partial charge in [0, 0.05) is 34.2 Å². The Bertz CT molecular complexity index is 1440. The molecule has 0 spiro atoms. The zero-order chi connectivity index (χ0) is 22.6. The Labute approximate surface area is 186 Å². The summed E-state index contributed by atoms with van der Waals surface area (Å²) in [5.41, 5.74) is 14.7. The summed E-state index contributed by atoms with van der Waals surface area (Å²) in [5, 5.41) is 3.00. The number of halogens is 3. The predicted octanol–water partition coefficient (Wildman–Crippen LogP) is 4.35. The van der Waals surface area contributed by atoms with Crippen LogP contribution in [0.4, 0.5) is 20.3 Å². The molecule has 0 saturated carbocycles. The highest BCUT2D eigenvalue weighted by Gasteiger charge is 2.22. The normalized spacial score (nSPS) is 13.2. The van der Waals surface area contributed by atoms with Crippen LogP contribution < -0.4 is 16.8 Å². The van der Waals surface area contributed by atoms with E-state index in [9.17, 15) is 9.18 Å². The van der Waals surface area contributed by atoms with E-state index < -0.39 is 11.8 Å². The number of nitrogens with one attached hydrogen (secondary N) is 1. The fraction of sp³-hybridized carbons (Fsp3) is 0.0870. The smallest absolute Gasteiger partial charge is 0.251 e. The van der Waals surface area contributed by atoms with E-state index >= 15 is 4.39 Å². The number of nitrogen functional groups attached to an aromatic ring is 2. The third kappa shape index (κ3) is 3.20. The van der Waals surface area contributed by atoms with Crippen LogP contribution in [0, 0.1) is 11.8 Å². The highest BCUT2D eigenvalue weighted by Crippen LogP contribution is 2.38.